The van der Waals surface area contributed by atoms with Gasteiger partial charge in [0.15, 0.2) is 0 Å². The quantitative estimate of drug-likeness (QED) is 0.459. The van der Waals surface area contributed by atoms with E-state index >= 15 is 0 Å². The van der Waals surface area contributed by atoms with Gasteiger partial charge in [0.2, 0.25) is 0 Å². The van der Waals surface area contributed by atoms with Gasteiger partial charge in [0.1, 0.15) is 0 Å². The normalized spacial score (nSPS) is 9.71. The summed E-state index contributed by atoms with van der Waals surface area (Å²) >= 11 is 0. The first-order chi connectivity index (χ1) is 8.24. The van der Waals surface area contributed by atoms with Crippen molar-refractivity contribution in [2.45, 2.75) is 13.3 Å². The fraction of sp³-hybridized carbons (Fsp3) is 0.333. The van der Waals surface area contributed by atoms with Crippen molar-refractivity contribution in [3.63, 3.8) is 0 Å². The second-order valence-electron chi connectivity index (χ2n) is 3.20. The molecule has 0 fully saturated rings. The molecule has 0 aliphatic heterocycles. The van der Waals surface area contributed by atoms with Gasteiger partial charge in [-0.1, -0.05) is 18.2 Å². The van der Waals surface area contributed by atoms with Gasteiger partial charge in [0.05, 0.1) is 18.6 Å². The van der Waals surface area contributed by atoms with E-state index in [2.05, 4.69) is 5.48 Å². The summed E-state index contributed by atoms with van der Waals surface area (Å²) in [5.41, 5.74) is 2.88. The van der Waals surface area contributed by atoms with Crippen LogP contribution in [-0.4, -0.2) is 25.1 Å². The highest BCUT2D eigenvalue weighted by atomic mass is 16.7. The van der Waals surface area contributed by atoms with Crippen molar-refractivity contribution in [1.82, 2.24) is 5.48 Å². The van der Waals surface area contributed by atoms with Crippen molar-refractivity contribution in [3.05, 3.63) is 35.9 Å². The summed E-state index contributed by atoms with van der Waals surface area (Å²) in [5.74, 6) is -0.801. The molecule has 0 aliphatic carbocycles. The van der Waals surface area contributed by atoms with Gasteiger partial charge in [-0.15, -0.1) is 0 Å². The highest BCUT2D eigenvalue weighted by molar-refractivity contribution is 5.89. The molecule has 1 aromatic rings. The van der Waals surface area contributed by atoms with Crippen LogP contribution in [0.2, 0.25) is 0 Å². The third kappa shape index (κ3) is 5.12. The van der Waals surface area contributed by atoms with Crippen LogP contribution in [0.15, 0.2) is 30.3 Å². The number of ether oxygens (including phenoxy) is 1. The average molecular weight is 237 g/mol. The van der Waals surface area contributed by atoms with E-state index < -0.39 is 5.97 Å². The van der Waals surface area contributed by atoms with Crippen molar-refractivity contribution in [2.75, 3.05) is 13.2 Å². The minimum absolute atomic E-state index is 0.163. The molecular formula is C12H15NO4. The van der Waals surface area contributed by atoms with Crippen LogP contribution in [0.1, 0.15) is 23.7 Å². The Labute approximate surface area is 99.7 Å². The Morgan fingerprint density at radius 3 is 2.59 bits per heavy atom. The van der Waals surface area contributed by atoms with Crippen LogP contribution in [0.4, 0.5) is 0 Å². The molecule has 5 nitrogen and oxygen atoms in total. The highest BCUT2D eigenvalue weighted by Gasteiger charge is 2.06. The summed E-state index contributed by atoms with van der Waals surface area (Å²) in [6, 6.07) is 8.60. The standard InChI is InChI=1S/C12H15NO4/c1-2-16-11(14)8-9-13-17-12(15)10-6-4-3-5-7-10/h3-7,13H,2,8-9H2,1H3. The Bertz CT molecular complexity index is 364. The van der Waals surface area contributed by atoms with E-state index in [1.807, 2.05) is 6.07 Å². The molecule has 1 N–H and O–H groups in total. The first kappa shape index (κ1) is 13.2. The fourth-order valence-electron chi connectivity index (χ4n) is 1.14. The van der Waals surface area contributed by atoms with E-state index in [1.165, 1.54) is 0 Å². The maximum absolute atomic E-state index is 11.4. The molecule has 0 saturated heterocycles. The number of nitrogens with one attached hydrogen (secondary N) is 1. The molecule has 0 spiro atoms. The molecule has 0 saturated carbocycles. The predicted molar refractivity (Wildman–Crippen MR) is 61.1 cm³/mol. The lowest BCUT2D eigenvalue weighted by atomic mass is 10.2. The van der Waals surface area contributed by atoms with Crippen LogP contribution in [0, 0.1) is 0 Å². The predicted octanol–water partition coefficient (Wildman–Crippen LogP) is 1.30. The minimum atomic E-state index is -0.477. The Hall–Kier alpha value is -1.88. The fourth-order valence-corrected chi connectivity index (χ4v) is 1.14. The number of hydrogen-bond donors (Lipinski definition) is 1. The van der Waals surface area contributed by atoms with Gasteiger partial charge in [-0.25, -0.2) is 4.79 Å². The minimum Gasteiger partial charge on any atom is -0.466 e. The van der Waals surface area contributed by atoms with Gasteiger partial charge in [-0.05, 0) is 19.1 Å². The number of benzene rings is 1. The number of carbonyl (C=O) groups is 2. The molecule has 0 radical (unpaired) electrons. The zero-order valence-corrected chi connectivity index (χ0v) is 9.64. The monoisotopic (exact) mass is 237 g/mol. The molecule has 0 unspecified atom stereocenters. The molecule has 0 atom stereocenters. The lowest BCUT2D eigenvalue weighted by Crippen LogP contribution is -2.23. The second-order valence-corrected chi connectivity index (χ2v) is 3.20. The Morgan fingerprint density at radius 2 is 1.94 bits per heavy atom. The number of carbonyl (C=O) groups excluding carboxylic acids is 2. The maximum atomic E-state index is 11.4. The van der Waals surface area contributed by atoms with Crippen LogP contribution in [0.3, 0.4) is 0 Å². The maximum Gasteiger partial charge on any atom is 0.356 e. The largest absolute Gasteiger partial charge is 0.466 e. The van der Waals surface area contributed by atoms with E-state index in [0.717, 1.165) is 0 Å². The molecule has 0 aliphatic rings. The summed E-state index contributed by atoms with van der Waals surface area (Å²) in [6.07, 6.45) is 0.163. The topological polar surface area (TPSA) is 64.6 Å². The van der Waals surface area contributed by atoms with E-state index in [-0.39, 0.29) is 18.9 Å². The molecule has 17 heavy (non-hydrogen) atoms. The van der Waals surface area contributed by atoms with Crippen LogP contribution < -0.4 is 5.48 Å². The van der Waals surface area contributed by atoms with Gasteiger partial charge in [-0.2, -0.15) is 5.48 Å². The summed E-state index contributed by atoms with van der Waals surface area (Å²) in [4.78, 5) is 27.1. The van der Waals surface area contributed by atoms with E-state index in [9.17, 15) is 9.59 Å². The van der Waals surface area contributed by atoms with E-state index in [1.54, 1.807) is 31.2 Å². The van der Waals surface area contributed by atoms with Crippen LogP contribution in [-0.2, 0) is 14.4 Å². The lowest BCUT2D eigenvalue weighted by Gasteiger charge is -2.05. The van der Waals surface area contributed by atoms with Gasteiger partial charge < -0.3 is 9.57 Å². The molecule has 1 rings (SSSR count). The zero-order valence-electron chi connectivity index (χ0n) is 9.64. The van der Waals surface area contributed by atoms with Crippen LogP contribution >= 0.6 is 0 Å². The molecule has 0 heterocycles. The van der Waals surface area contributed by atoms with Crippen molar-refractivity contribution in [1.29, 1.82) is 0 Å². The summed E-state index contributed by atoms with van der Waals surface area (Å²) in [6.45, 7) is 2.32. The molecule has 0 bridgehead atoms. The summed E-state index contributed by atoms with van der Waals surface area (Å²) in [5, 5.41) is 0. The first-order valence-corrected chi connectivity index (χ1v) is 5.38. The number of hydroxylamine groups is 1. The van der Waals surface area contributed by atoms with Crippen molar-refractivity contribution < 1.29 is 19.2 Å². The third-order valence-corrected chi connectivity index (χ3v) is 1.91. The molecular weight excluding hydrogens is 222 g/mol. The molecule has 0 amide bonds. The molecule has 92 valence electrons. The number of rotatable bonds is 6. The molecule has 1 aromatic carbocycles. The van der Waals surface area contributed by atoms with Crippen molar-refractivity contribution >= 4 is 11.9 Å². The Kier molecular flexibility index (Phi) is 5.74. The first-order valence-electron chi connectivity index (χ1n) is 5.38. The molecule has 0 aromatic heterocycles. The van der Waals surface area contributed by atoms with Crippen LogP contribution in [0.5, 0.6) is 0 Å². The van der Waals surface area contributed by atoms with E-state index in [0.29, 0.717) is 12.2 Å². The zero-order chi connectivity index (χ0) is 12.5. The van der Waals surface area contributed by atoms with E-state index in [4.69, 9.17) is 9.57 Å². The van der Waals surface area contributed by atoms with Crippen LogP contribution in [0.25, 0.3) is 0 Å². The number of esters is 1. The third-order valence-electron chi connectivity index (χ3n) is 1.91. The second kappa shape index (κ2) is 7.40. The van der Waals surface area contributed by atoms with Crippen molar-refractivity contribution in [3.8, 4) is 0 Å². The average Bonchev–Trinajstić information content (AvgIpc) is 2.36. The van der Waals surface area contributed by atoms with Gasteiger partial charge in [-0.3, -0.25) is 4.79 Å². The Morgan fingerprint density at radius 1 is 1.24 bits per heavy atom. The highest BCUT2D eigenvalue weighted by Crippen LogP contribution is 1.99. The van der Waals surface area contributed by atoms with Gasteiger partial charge in [0, 0.05) is 6.54 Å². The smallest absolute Gasteiger partial charge is 0.356 e. The van der Waals surface area contributed by atoms with Crippen molar-refractivity contribution in [2.24, 2.45) is 0 Å². The van der Waals surface area contributed by atoms with Gasteiger partial charge >= 0.3 is 11.9 Å². The summed E-state index contributed by atoms with van der Waals surface area (Å²) in [7, 11) is 0. The number of hydrogen-bond acceptors (Lipinski definition) is 5. The SMILES string of the molecule is CCOC(=O)CCNOC(=O)c1ccccc1. The lowest BCUT2D eigenvalue weighted by molar-refractivity contribution is -0.143. The molecule has 5 heteroatoms. The Balaban J connectivity index is 2.19. The van der Waals surface area contributed by atoms with Gasteiger partial charge in [0.25, 0.3) is 0 Å². The summed E-state index contributed by atoms with van der Waals surface area (Å²) < 4.78 is 4.71.